The Morgan fingerprint density at radius 3 is 2.96 bits per heavy atom. The van der Waals surface area contributed by atoms with Gasteiger partial charge >= 0.3 is 0 Å². The molecule has 1 aromatic heterocycles. The number of hydrogen-bond donors (Lipinski definition) is 1. The number of carbonyl (C=O) groups excluding carboxylic acids is 1. The quantitative estimate of drug-likeness (QED) is 0.472. The summed E-state index contributed by atoms with van der Waals surface area (Å²) in [6.45, 7) is 0. The van der Waals surface area contributed by atoms with Crippen molar-refractivity contribution in [1.29, 1.82) is 0 Å². The highest BCUT2D eigenvalue weighted by molar-refractivity contribution is 9.10. The summed E-state index contributed by atoms with van der Waals surface area (Å²) in [5.41, 5.74) is 0.523. The summed E-state index contributed by atoms with van der Waals surface area (Å²) < 4.78 is 6.24. The van der Waals surface area contributed by atoms with Gasteiger partial charge in [0.15, 0.2) is 4.32 Å². The van der Waals surface area contributed by atoms with Gasteiger partial charge in [0.05, 0.1) is 17.4 Å². The smallest absolute Gasteiger partial charge is 0.286 e. The molecule has 0 radical (unpaired) electrons. The maximum Gasteiger partial charge on any atom is 0.286 e. The molecule has 0 unspecified atom stereocenters. The average Bonchev–Trinajstić information content (AvgIpc) is 3.11. The SMILES string of the molecule is O=C1C(=Cc2cc(Br)ccc2O)SC(=S)N1N=Cc1ccco1. The second-order valence-corrected chi connectivity index (χ2v) is 7.05. The number of benzene rings is 1. The molecule has 23 heavy (non-hydrogen) atoms. The van der Waals surface area contributed by atoms with E-state index < -0.39 is 0 Å². The molecular formula is C15H9BrN2O3S2. The molecule has 1 amide bonds. The van der Waals surface area contributed by atoms with E-state index in [2.05, 4.69) is 21.0 Å². The number of phenolic OH excluding ortho intramolecular Hbond substituents is 1. The number of furan rings is 1. The fourth-order valence-electron chi connectivity index (χ4n) is 1.82. The molecule has 1 fully saturated rings. The van der Waals surface area contributed by atoms with Gasteiger partial charge in [0.25, 0.3) is 5.91 Å². The van der Waals surface area contributed by atoms with E-state index in [-0.39, 0.29) is 11.7 Å². The van der Waals surface area contributed by atoms with Gasteiger partial charge in [0, 0.05) is 10.0 Å². The van der Waals surface area contributed by atoms with Crippen LogP contribution >= 0.6 is 39.9 Å². The van der Waals surface area contributed by atoms with E-state index in [9.17, 15) is 9.90 Å². The lowest BCUT2D eigenvalue weighted by atomic mass is 10.2. The minimum atomic E-state index is -0.345. The van der Waals surface area contributed by atoms with Crippen molar-refractivity contribution in [2.75, 3.05) is 0 Å². The van der Waals surface area contributed by atoms with Crippen molar-refractivity contribution in [2.45, 2.75) is 0 Å². The number of hydrogen-bond acceptors (Lipinski definition) is 6. The van der Waals surface area contributed by atoms with Crippen LogP contribution < -0.4 is 0 Å². The largest absolute Gasteiger partial charge is 0.507 e. The molecule has 1 aromatic carbocycles. The van der Waals surface area contributed by atoms with Crippen LogP contribution in [0.3, 0.4) is 0 Å². The predicted octanol–water partition coefficient (Wildman–Crippen LogP) is 3.98. The summed E-state index contributed by atoms with van der Waals surface area (Å²) in [4.78, 5) is 12.8. The first kappa shape index (κ1) is 16.0. The monoisotopic (exact) mass is 408 g/mol. The molecule has 0 atom stereocenters. The number of halogens is 1. The second kappa shape index (κ2) is 6.69. The Balaban J connectivity index is 1.86. The standard InChI is InChI=1S/C15H9BrN2O3S2/c16-10-3-4-12(19)9(6-10)7-13-14(20)18(15(22)23-13)17-8-11-2-1-5-21-11/h1-8,19H. The van der Waals surface area contributed by atoms with E-state index in [1.165, 1.54) is 12.5 Å². The van der Waals surface area contributed by atoms with Gasteiger partial charge in [0.2, 0.25) is 0 Å². The molecular weight excluding hydrogens is 400 g/mol. The van der Waals surface area contributed by atoms with Crippen molar-refractivity contribution < 1.29 is 14.3 Å². The lowest BCUT2D eigenvalue weighted by molar-refractivity contribution is -0.122. The number of phenols is 1. The molecule has 8 heteroatoms. The number of aromatic hydroxyl groups is 1. The van der Waals surface area contributed by atoms with Gasteiger partial charge in [-0.15, -0.1) is 0 Å². The number of thioether (sulfide) groups is 1. The number of nitrogens with zero attached hydrogens (tertiary/aromatic N) is 2. The van der Waals surface area contributed by atoms with Crippen molar-refractivity contribution in [3.63, 3.8) is 0 Å². The molecule has 116 valence electrons. The summed E-state index contributed by atoms with van der Waals surface area (Å²) in [6, 6.07) is 8.42. The molecule has 0 aliphatic carbocycles. The maximum absolute atomic E-state index is 12.4. The Morgan fingerprint density at radius 1 is 1.39 bits per heavy atom. The number of carbonyl (C=O) groups is 1. The first-order valence-electron chi connectivity index (χ1n) is 6.38. The third-order valence-corrected chi connectivity index (χ3v) is 4.67. The fourth-order valence-corrected chi connectivity index (χ4v) is 3.36. The average molecular weight is 409 g/mol. The number of amides is 1. The highest BCUT2D eigenvalue weighted by atomic mass is 79.9. The topological polar surface area (TPSA) is 66.0 Å². The summed E-state index contributed by atoms with van der Waals surface area (Å²) >= 11 is 9.63. The normalized spacial score (nSPS) is 16.9. The zero-order valence-corrected chi connectivity index (χ0v) is 14.7. The lowest BCUT2D eigenvalue weighted by Crippen LogP contribution is -2.22. The number of thiocarbonyl (C=S) groups is 1. The minimum Gasteiger partial charge on any atom is -0.507 e. The van der Waals surface area contributed by atoms with Crippen molar-refractivity contribution in [3.05, 3.63) is 57.3 Å². The summed E-state index contributed by atoms with van der Waals surface area (Å²) in [6.07, 6.45) is 4.52. The Hall–Kier alpha value is -1.90. The van der Waals surface area contributed by atoms with Crippen molar-refractivity contribution in [3.8, 4) is 5.75 Å². The van der Waals surface area contributed by atoms with Crippen LogP contribution in [0.4, 0.5) is 0 Å². The molecule has 1 aliphatic heterocycles. The molecule has 1 aliphatic rings. The van der Waals surface area contributed by atoms with E-state index in [1.807, 2.05) is 0 Å². The zero-order chi connectivity index (χ0) is 16.4. The van der Waals surface area contributed by atoms with E-state index in [0.29, 0.717) is 20.5 Å². The van der Waals surface area contributed by atoms with Crippen LogP contribution in [0.5, 0.6) is 5.75 Å². The molecule has 2 heterocycles. The fraction of sp³-hybridized carbons (Fsp3) is 0. The molecule has 0 saturated carbocycles. The summed E-state index contributed by atoms with van der Waals surface area (Å²) in [5.74, 6) is 0.257. The molecule has 1 N–H and O–H groups in total. The van der Waals surface area contributed by atoms with Crippen LogP contribution in [0.15, 0.2) is 55.5 Å². The van der Waals surface area contributed by atoms with Crippen LogP contribution in [0.25, 0.3) is 6.08 Å². The van der Waals surface area contributed by atoms with Crippen LogP contribution in [-0.2, 0) is 4.79 Å². The minimum absolute atomic E-state index is 0.0811. The first-order chi connectivity index (χ1) is 11.0. The van der Waals surface area contributed by atoms with Gasteiger partial charge in [-0.3, -0.25) is 4.79 Å². The van der Waals surface area contributed by atoms with Crippen LogP contribution in [-0.4, -0.2) is 26.6 Å². The number of hydrazone groups is 1. The maximum atomic E-state index is 12.4. The van der Waals surface area contributed by atoms with E-state index in [4.69, 9.17) is 16.6 Å². The van der Waals surface area contributed by atoms with Gasteiger partial charge in [-0.2, -0.15) is 10.1 Å². The third kappa shape index (κ3) is 3.54. The second-order valence-electron chi connectivity index (χ2n) is 4.46. The van der Waals surface area contributed by atoms with Gasteiger partial charge in [-0.1, -0.05) is 27.7 Å². The molecule has 0 bridgehead atoms. The highest BCUT2D eigenvalue weighted by Crippen LogP contribution is 2.34. The predicted molar refractivity (Wildman–Crippen MR) is 97.1 cm³/mol. The van der Waals surface area contributed by atoms with Crippen molar-refractivity contribution >= 4 is 62.4 Å². The zero-order valence-electron chi connectivity index (χ0n) is 11.5. The Kier molecular flexibility index (Phi) is 4.65. The Bertz CT molecular complexity index is 831. The van der Waals surface area contributed by atoms with E-state index in [1.54, 1.807) is 36.4 Å². The molecule has 2 aromatic rings. The van der Waals surface area contributed by atoms with Crippen LogP contribution in [0.2, 0.25) is 0 Å². The molecule has 1 saturated heterocycles. The van der Waals surface area contributed by atoms with E-state index in [0.717, 1.165) is 21.2 Å². The van der Waals surface area contributed by atoms with E-state index >= 15 is 0 Å². The third-order valence-electron chi connectivity index (χ3n) is 2.89. The molecule has 5 nitrogen and oxygen atoms in total. The lowest BCUT2D eigenvalue weighted by Gasteiger charge is -2.05. The Labute approximate surface area is 149 Å². The van der Waals surface area contributed by atoms with Gasteiger partial charge in [-0.25, -0.2) is 0 Å². The van der Waals surface area contributed by atoms with Gasteiger partial charge in [-0.05, 0) is 48.6 Å². The summed E-state index contributed by atoms with van der Waals surface area (Å²) in [5, 5.41) is 15.0. The van der Waals surface area contributed by atoms with Crippen molar-refractivity contribution in [1.82, 2.24) is 5.01 Å². The molecule has 0 spiro atoms. The number of rotatable bonds is 3. The molecule has 3 rings (SSSR count). The van der Waals surface area contributed by atoms with Crippen molar-refractivity contribution in [2.24, 2.45) is 5.10 Å². The highest BCUT2D eigenvalue weighted by Gasteiger charge is 2.32. The van der Waals surface area contributed by atoms with Crippen LogP contribution in [0, 0.1) is 0 Å². The van der Waals surface area contributed by atoms with Crippen LogP contribution in [0.1, 0.15) is 11.3 Å². The van der Waals surface area contributed by atoms with Gasteiger partial charge in [0.1, 0.15) is 11.5 Å². The Morgan fingerprint density at radius 2 is 2.22 bits per heavy atom. The van der Waals surface area contributed by atoms with Gasteiger partial charge < -0.3 is 9.52 Å². The summed E-state index contributed by atoms with van der Waals surface area (Å²) in [7, 11) is 0. The first-order valence-corrected chi connectivity index (χ1v) is 8.40.